The SMILES string of the molecule is CCC(C)C1(CN(C(C)=O)c2cc3c(Nc4cccc(O)c4F)ncnc3cc2C)CCN(C)CC1. The fourth-order valence-corrected chi connectivity index (χ4v) is 5.32. The predicted molar refractivity (Wildman–Crippen MR) is 142 cm³/mol. The van der Waals surface area contributed by atoms with Crippen molar-refractivity contribution in [2.24, 2.45) is 11.3 Å². The van der Waals surface area contributed by atoms with Crippen LogP contribution in [0.3, 0.4) is 0 Å². The van der Waals surface area contributed by atoms with Crippen LogP contribution >= 0.6 is 0 Å². The minimum atomic E-state index is -0.750. The van der Waals surface area contributed by atoms with Gasteiger partial charge in [-0.3, -0.25) is 4.79 Å². The Hall–Kier alpha value is -3.26. The number of nitrogens with one attached hydrogen (secondary N) is 1. The molecule has 8 heteroatoms. The van der Waals surface area contributed by atoms with E-state index in [1.807, 2.05) is 24.0 Å². The number of carbonyl (C=O) groups is 1. The molecule has 7 nitrogen and oxygen atoms in total. The van der Waals surface area contributed by atoms with Gasteiger partial charge in [0, 0.05) is 24.5 Å². The molecule has 2 heterocycles. The van der Waals surface area contributed by atoms with Crippen LogP contribution in [0.4, 0.5) is 21.6 Å². The number of nitrogens with zero attached hydrogens (tertiary/aromatic N) is 4. The van der Waals surface area contributed by atoms with Crippen LogP contribution in [0.15, 0.2) is 36.7 Å². The van der Waals surface area contributed by atoms with Gasteiger partial charge < -0.3 is 20.2 Å². The van der Waals surface area contributed by atoms with Gasteiger partial charge in [0.15, 0.2) is 11.6 Å². The first-order chi connectivity index (χ1) is 17.1. The summed E-state index contributed by atoms with van der Waals surface area (Å²) in [5.41, 5.74) is 2.59. The van der Waals surface area contributed by atoms with Crippen molar-refractivity contribution in [3.05, 3.63) is 48.0 Å². The number of carbonyl (C=O) groups excluding carboxylic acids is 1. The minimum Gasteiger partial charge on any atom is -0.505 e. The van der Waals surface area contributed by atoms with Crippen molar-refractivity contribution in [2.45, 2.75) is 47.0 Å². The zero-order valence-corrected chi connectivity index (χ0v) is 21.8. The number of aryl methyl sites for hydroxylation is 1. The third-order valence-electron chi connectivity index (χ3n) is 7.97. The molecule has 1 amide bonds. The summed E-state index contributed by atoms with van der Waals surface area (Å²) in [4.78, 5) is 26.1. The monoisotopic (exact) mass is 493 g/mol. The Kier molecular flexibility index (Phi) is 7.45. The smallest absolute Gasteiger partial charge is 0.223 e. The second-order valence-electron chi connectivity index (χ2n) is 10.2. The van der Waals surface area contributed by atoms with Crippen LogP contribution in [-0.4, -0.2) is 52.6 Å². The van der Waals surface area contributed by atoms with Gasteiger partial charge in [0.25, 0.3) is 0 Å². The second kappa shape index (κ2) is 10.4. The zero-order chi connectivity index (χ0) is 26.0. The van der Waals surface area contributed by atoms with E-state index in [2.05, 4.69) is 41.1 Å². The van der Waals surface area contributed by atoms with Gasteiger partial charge in [0.2, 0.25) is 5.91 Å². The molecule has 0 radical (unpaired) electrons. The van der Waals surface area contributed by atoms with Crippen molar-refractivity contribution in [1.82, 2.24) is 14.9 Å². The molecular weight excluding hydrogens is 457 g/mol. The fraction of sp³-hybridized carbons (Fsp3) is 0.464. The first-order valence-corrected chi connectivity index (χ1v) is 12.6. The Morgan fingerprint density at radius 2 is 2.00 bits per heavy atom. The third kappa shape index (κ3) is 5.00. The van der Waals surface area contributed by atoms with Crippen molar-refractivity contribution in [3.63, 3.8) is 0 Å². The Balaban J connectivity index is 1.77. The number of halogens is 1. The van der Waals surface area contributed by atoms with E-state index in [1.165, 1.54) is 18.5 Å². The van der Waals surface area contributed by atoms with Crippen molar-refractivity contribution in [3.8, 4) is 5.75 Å². The van der Waals surface area contributed by atoms with Crippen molar-refractivity contribution in [2.75, 3.05) is 36.9 Å². The molecule has 1 fully saturated rings. The molecule has 192 valence electrons. The molecule has 1 aromatic heterocycles. The topological polar surface area (TPSA) is 81.6 Å². The summed E-state index contributed by atoms with van der Waals surface area (Å²) >= 11 is 0. The van der Waals surface area contributed by atoms with E-state index in [1.54, 1.807) is 13.0 Å². The molecule has 0 saturated carbocycles. The Bertz CT molecular complexity index is 1260. The van der Waals surface area contributed by atoms with Gasteiger partial charge in [0.05, 0.1) is 11.2 Å². The summed E-state index contributed by atoms with van der Waals surface area (Å²) in [6, 6.07) is 8.26. The quantitative estimate of drug-likeness (QED) is 0.443. The third-order valence-corrected chi connectivity index (χ3v) is 7.97. The van der Waals surface area contributed by atoms with Crippen molar-refractivity contribution >= 4 is 34.0 Å². The van der Waals surface area contributed by atoms with Gasteiger partial charge in [0.1, 0.15) is 12.1 Å². The van der Waals surface area contributed by atoms with E-state index < -0.39 is 11.6 Å². The maximum absolute atomic E-state index is 14.5. The lowest BCUT2D eigenvalue weighted by atomic mass is 9.68. The number of likely N-dealkylation sites (tertiary alicyclic amines) is 1. The average molecular weight is 494 g/mol. The molecule has 2 N–H and O–H groups in total. The molecular formula is C28H36FN5O2. The number of piperidine rings is 1. The number of hydrogen-bond acceptors (Lipinski definition) is 6. The van der Waals surface area contributed by atoms with Crippen LogP contribution in [-0.2, 0) is 4.79 Å². The van der Waals surface area contributed by atoms with E-state index in [0.29, 0.717) is 29.2 Å². The molecule has 36 heavy (non-hydrogen) atoms. The average Bonchev–Trinajstić information content (AvgIpc) is 2.86. The summed E-state index contributed by atoms with van der Waals surface area (Å²) in [5.74, 6) is -0.316. The number of aromatic hydroxyl groups is 1. The van der Waals surface area contributed by atoms with E-state index in [0.717, 1.165) is 43.6 Å². The van der Waals surface area contributed by atoms with E-state index in [-0.39, 0.29) is 17.0 Å². The van der Waals surface area contributed by atoms with Gasteiger partial charge >= 0.3 is 0 Å². The lowest BCUT2D eigenvalue weighted by Crippen LogP contribution is -2.50. The van der Waals surface area contributed by atoms with Gasteiger partial charge in [-0.2, -0.15) is 0 Å². The molecule has 1 aliphatic rings. The van der Waals surface area contributed by atoms with Crippen LogP contribution in [0.2, 0.25) is 0 Å². The molecule has 4 rings (SSSR count). The number of rotatable bonds is 7. The number of amides is 1. The highest BCUT2D eigenvalue weighted by Gasteiger charge is 2.40. The van der Waals surface area contributed by atoms with Gasteiger partial charge in [-0.15, -0.1) is 0 Å². The molecule has 0 aliphatic carbocycles. The van der Waals surface area contributed by atoms with E-state index in [4.69, 9.17) is 0 Å². The number of phenols is 1. The highest BCUT2D eigenvalue weighted by Crippen LogP contribution is 2.43. The van der Waals surface area contributed by atoms with Gasteiger partial charge in [-0.05, 0) is 81.1 Å². The van der Waals surface area contributed by atoms with Crippen molar-refractivity contribution < 1.29 is 14.3 Å². The maximum atomic E-state index is 14.5. The first kappa shape index (κ1) is 25.8. The highest BCUT2D eigenvalue weighted by molar-refractivity contribution is 5.99. The number of anilines is 3. The van der Waals surface area contributed by atoms with E-state index in [9.17, 15) is 14.3 Å². The Morgan fingerprint density at radius 3 is 2.67 bits per heavy atom. The van der Waals surface area contributed by atoms with Crippen LogP contribution in [0, 0.1) is 24.1 Å². The first-order valence-electron chi connectivity index (χ1n) is 12.6. The number of benzene rings is 2. The highest BCUT2D eigenvalue weighted by atomic mass is 19.1. The number of hydrogen-bond donors (Lipinski definition) is 2. The molecule has 1 aliphatic heterocycles. The molecule has 1 unspecified atom stereocenters. The van der Waals surface area contributed by atoms with Crippen LogP contribution < -0.4 is 10.2 Å². The van der Waals surface area contributed by atoms with Crippen LogP contribution in [0.5, 0.6) is 5.75 Å². The number of fused-ring (bicyclic) bond motifs is 1. The predicted octanol–water partition coefficient (Wildman–Crippen LogP) is 5.64. The standard InChI is InChI=1S/C28H36FN5O2/c1-6-19(3)28(10-12-33(5)13-11-28)16-34(20(4)35)24-15-21-23(14-18(24)2)30-17-31-27(21)32-22-8-7-9-25(36)26(22)29/h7-9,14-15,17,19,36H,6,10-13,16H2,1-5H3,(H,30,31,32). The maximum Gasteiger partial charge on any atom is 0.223 e. The number of aromatic nitrogens is 2. The van der Waals surface area contributed by atoms with Crippen LogP contribution in [0.25, 0.3) is 10.9 Å². The molecule has 1 atom stereocenters. The normalized spacial score (nSPS) is 16.6. The molecule has 0 bridgehead atoms. The summed E-state index contributed by atoms with van der Waals surface area (Å²) in [6.45, 7) is 10.8. The Labute approximate surface area is 212 Å². The lowest BCUT2D eigenvalue weighted by molar-refractivity contribution is -0.117. The van der Waals surface area contributed by atoms with Crippen LogP contribution in [0.1, 0.15) is 45.6 Å². The molecule has 1 saturated heterocycles. The Morgan fingerprint density at radius 1 is 1.28 bits per heavy atom. The van der Waals surface area contributed by atoms with Gasteiger partial charge in [-0.1, -0.05) is 26.3 Å². The second-order valence-corrected chi connectivity index (χ2v) is 10.2. The summed E-state index contributed by atoms with van der Waals surface area (Å²) in [6.07, 6.45) is 4.57. The van der Waals surface area contributed by atoms with Gasteiger partial charge in [-0.25, -0.2) is 14.4 Å². The molecule has 3 aromatic rings. The van der Waals surface area contributed by atoms with Crippen molar-refractivity contribution in [1.29, 1.82) is 0 Å². The largest absolute Gasteiger partial charge is 0.505 e. The molecule has 2 aromatic carbocycles. The molecule has 0 spiro atoms. The fourth-order valence-electron chi connectivity index (χ4n) is 5.32. The summed E-state index contributed by atoms with van der Waals surface area (Å²) in [7, 11) is 2.15. The summed E-state index contributed by atoms with van der Waals surface area (Å²) < 4.78 is 14.5. The van der Waals surface area contributed by atoms with E-state index >= 15 is 0 Å². The summed E-state index contributed by atoms with van der Waals surface area (Å²) in [5, 5.41) is 13.4. The lowest BCUT2D eigenvalue weighted by Gasteiger charge is -2.47. The number of phenolic OH excluding ortho intramolecular Hbond substituents is 1. The zero-order valence-electron chi connectivity index (χ0n) is 21.8. The minimum absolute atomic E-state index is 0.00978.